The molecular weight excluding hydrogens is 448 g/mol. The number of Topliss-reactive ketones (excluding diaryl/α,β-unsaturated/α-hetero) is 2. The number of pyridine rings is 1. The van der Waals surface area contributed by atoms with Crippen LogP contribution in [0.15, 0.2) is 55.1 Å². The van der Waals surface area contributed by atoms with Crippen LogP contribution in [-0.4, -0.2) is 26.5 Å². The Labute approximate surface area is 204 Å². The first-order chi connectivity index (χ1) is 16.2. The zero-order valence-electron chi connectivity index (χ0n) is 19.6. The third kappa shape index (κ3) is 4.92. The molecule has 2 aromatic heterocycles. The molecule has 2 heterocycles. The van der Waals surface area contributed by atoms with E-state index in [9.17, 15) is 9.59 Å². The minimum absolute atomic E-state index is 0.0406. The molecular formula is C27H27ClN4O2. The molecule has 0 amide bonds. The molecule has 1 aromatic carbocycles. The van der Waals surface area contributed by atoms with Gasteiger partial charge in [-0.05, 0) is 73.7 Å². The number of halogens is 1. The summed E-state index contributed by atoms with van der Waals surface area (Å²) in [6.45, 7) is 10.3. The van der Waals surface area contributed by atoms with Gasteiger partial charge in [0.25, 0.3) is 0 Å². The smallest absolute Gasteiger partial charge is 0.159 e. The van der Waals surface area contributed by atoms with Crippen molar-refractivity contribution in [3.8, 4) is 11.4 Å². The highest BCUT2D eigenvalue weighted by atomic mass is 35.5. The molecule has 34 heavy (non-hydrogen) atoms. The largest absolute Gasteiger partial charge is 0.383 e. The molecule has 6 nitrogen and oxygen atoms in total. The lowest BCUT2D eigenvalue weighted by Crippen LogP contribution is -2.20. The van der Waals surface area contributed by atoms with Crippen LogP contribution in [0.2, 0.25) is 5.02 Å². The first-order valence-corrected chi connectivity index (χ1v) is 11.6. The van der Waals surface area contributed by atoms with E-state index in [-0.39, 0.29) is 18.0 Å². The number of aryl methyl sites for hydroxylation is 3. The quantitative estimate of drug-likeness (QED) is 0.482. The van der Waals surface area contributed by atoms with E-state index < -0.39 is 11.8 Å². The highest BCUT2D eigenvalue weighted by molar-refractivity contribution is 6.31. The molecule has 0 saturated heterocycles. The lowest BCUT2D eigenvalue weighted by molar-refractivity contribution is -0.124. The number of allylic oxidation sites excluding steroid dienone is 1. The average Bonchev–Trinajstić information content (AvgIpc) is 3.06. The van der Waals surface area contributed by atoms with Crippen molar-refractivity contribution in [2.24, 2.45) is 5.92 Å². The number of aromatic nitrogens is 3. The summed E-state index contributed by atoms with van der Waals surface area (Å²) < 4.78 is 0. The lowest BCUT2D eigenvalue weighted by Gasteiger charge is -2.17. The molecule has 1 aliphatic carbocycles. The SMILES string of the molecule is C=C(CC1CC(=O)C(c2c(C)cc(-c3ncc(C)cn3)cc2C)C1=O)NCc1ncccc1Cl. The Morgan fingerprint density at radius 1 is 1.12 bits per heavy atom. The predicted molar refractivity (Wildman–Crippen MR) is 132 cm³/mol. The zero-order valence-corrected chi connectivity index (χ0v) is 20.3. The van der Waals surface area contributed by atoms with Crippen molar-refractivity contribution < 1.29 is 9.59 Å². The summed E-state index contributed by atoms with van der Waals surface area (Å²) in [5, 5.41) is 3.76. The number of nitrogens with zero attached hydrogens (tertiary/aromatic N) is 3. The van der Waals surface area contributed by atoms with Gasteiger partial charge in [-0.25, -0.2) is 9.97 Å². The van der Waals surface area contributed by atoms with Crippen LogP contribution >= 0.6 is 11.6 Å². The molecule has 7 heteroatoms. The molecule has 4 rings (SSSR count). The number of carbonyl (C=O) groups is 2. The number of hydrogen-bond acceptors (Lipinski definition) is 6. The minimum Gasteiger partial charge on any atom is -0.383 e. The molecule has 174 valence electrons. The van der Waals surface area contributed by atoms with Gasteiger partial charge in [-0.1, -0.05) is 18.2 Å². The van der Waals surface area contributed by atoms with Crippen LogP contribution in [0.4, 0.5) is 0 Å². The van der Waals surface area contributed by atoms with Crippen molar-refractivity contribution in [3.63, 3.8) is 0 Å². The third-order valence-corrected chi connectivity index (χ3v) is 6.56. The molecule has 1 saturated carbocycles. The molecule has 1 fully saturated rings. The van der Waals surface area contributed by atoms with Crippen LogP contribution in [0.5, 0.6) is 0 Å². The third-order valence-electron chi connectivity index (χ3n) is 6.21. The Hall–Kier alpha value is -3.38. The summed E-state index contributed by atoms with van der Waals surface area (Å²) in [4.78, 5) is 39.4. The van der Waals surface area contributed by atoms with E-state index in [4.69, 9.17) is 11.6 Å². The van der Waals surface area contributed by atoms with Gasteiger partial charge in [-0.15, -0.1) is 0 Å². The number of rotatable bonds is 7. The summed E-state index contributed by atoms with van der Waals surface area (Å²) in [6.07, 6.45) is 5.85. The Morgan fingerprint density at radius 3 is 2.44 bits per heavy atom. The average molecular weight is 475 g/mol. The van der Waals surface area contributed by atoms with E-state index in [2.05, 4.69) is 26.8 Å². The van der Waals surface area contributed by atoms with Crippen LogP contribution < -0.4 is 5.32 Å². The van der Waals surface area contributed by atoms with Gasteiger partial charge in [0.1, 0.15) is 11.7 Å². The maximum absolute atomic E-state index is 13.3. The van der Waals surface area contributed by atoms with Crippen LogP contribution in [-0.2, 0) is 16.1 Å². The summed E-state index contributed by atoms with van der Waals surface area (Å²) in [6, 6.07) is 7.46. The molecule has 0 bridgehead atoms. The van der Waals surface area contributed by atoms with Gasteiger partial charge in [0.2, 0.25) is 0 Å². The Kier molecular flexibility index (Phi) is 6.89. The topological polar surface area (TPSA) is 84.8 Å². The second kappa shape index (κ2) is 9.85. The fourth-order valence-corrected chi connectivity index (χ4v) is 4.75. The van der Waals surface area contributed by atoms with Gasteiger partial charge in [-0.2, -0.15) is 0 Å². The van der Waals surface area contributed by atoms with E-state index in [1.807, 2.05) is 32.9 Å². The fourth-order valence-electron chi connectivity index (χ4n) is 4.56. The van der Waals surface area contributed by atoms with Gasteiger partial charge in [0.05, 0.1) is 17.3 Å². The van der Waals surface area contributed by atoms with E-state index in [0.717, 1.165) is 27.8 Å². The van der Waals surface area contributed by atoms with Crippen molar-refractivity contribution in [2.45, 2.75) is 46.1 Å². The minimum atomic E-state index is -0.740. The standard InChI is InChI=1S/C27H27ClN4O2/c1-15-12-31-27(32-13-15)20-8-16(2)24(17(3)9-20)25-23(33)11-19(26(25)34)10-18(4)30-14-22-21(28)6-5-7-29-22/h5-9,12-13,19,25,30H,4,10-11,14H2,1-3H3. The lowest BCUT2D eigenvalue weighted by atomic mass is 9.86. The zero-order chi connectivity index (χ0) is 24.4. The highest BCUT2D eigenvalue weighted by Crippen LogP contribution is 2.39. The molecule has 2 unspecified atom stereocenters. The first-order valence-electron chi connectivity index (χ1n) is 11.2. The second-order valence-corrected chi connectivity index (χ2v) is 9.31. The number of ketones is 2. The molecule has 0 aliphatic heterocycles. The number of nitrogens with one attached hydrogen (secondary N) is 1. The summed E-state index contributed by atoms with van der Waals surface area (Å²) in [5.41, 5.74) is 5.85. The van der Waals surface area contributed by atoms with Crippen LogP contribution in [0.25, 0.3) is 11.4 Å². The van der Waals surface area contributed by atoms with E-state index in [1.54, 1.807) is 30.7 Å². The Bertz CT molecular complexity index is 1250. The Balaban J connectivity index is 1.48. The molecule has 2 atom stereocenters. The molecule has 1 N–H and O–H groups in total. The summed E-state index contributed by atoms with van der Waals surface area (Å²) in [5.74, 6) is -0.595. The summed E-state index contributed by atoms with van der Waals surface area (Å²) in [7, 11) is 0. The van der Waals surface area contributed by atoms with Gasteiger partial charge in [0, 0.05) is 42.2 Å². The van der Waals surface area contributed by atoms with Crippen LogP contribution in [0.1, 0.15) is 46.7 Å². The van der Waals surface area contributed by atoms with Gasteiger partial charge < -0.3 is 5.32 Å². The van der Waals surface area contributed by atoms with Crippen molar-refractivity contribution in [3.05, 3.63) is 88.1 Å². The Morgan fingerprint density at radius 2 is 1.79 bits per heavy atom. The molecule has 1 aliphatic rings. The van der Waals surface area contributed by atoms with Crippen molar-refractivity contribution in [2.75, 3.05) is 0 Å². The first kappa shape index (κ1) is 23.8. The van der Waals surface area contributed by atoms with Crippen molar-refractivity contribution >= 4 is 23.2 Å². The molecule has 0 spiro atoms. The van der Waals surface area contributed by atoms with Crippen LogP contribution in [0.3, 0.4) is 0 Å². The second-order valence-electron chi connectivity index (χ2n) is 8.90. The maximum atomic E-state index is 13.3. The predicted octanol–water partition coefficient (Wildman–Crippen LogP) is 5.05. The molecule has 3 aromatic rings. The van der Waals surface area contributed by atoms with Gasteiger partial charge in [-0.3, -0.25) is 14.6 Å². The van der Waals surface area contributed by atoms with Gasteiger partial charge >= 0.3 is 0 Å². The molecule has 0 radical (unpaired) electrons. The number of hydrogen-bond donors (Lipinski definition) is 1. The normalized spacial score (nSPS) is 17.8. The monoisotopic (exact) mass is 474 g/mol. The van der Waals surface area contributed by atoms with Crippen molar-refractivity contribution in [1.29, 1.82) is 0 Å². The number of carbonyl (C=O) groups excluding carboxylic acids is 2. The highest BCUT2D eigenvalue weighted by Gasteiger charge is 2.43. The van der Waals surface area contributed by atoms with Crippen LogP contribution in [0, 0.1) is 26.7 Å². The van der Waals surface area contributed by atoms with E-state index >= 15 is 0 Å². The fraction of sp³-hybridized carbons (Fsp3) is 0.296. The number of benzene rings is 1. The summed E-state index contributed by atoms with van der Waals surface area (Å²) >= 11 is 6.16. The van der Waals surface area contributed by atoms with Crippen molar-refractivity contribution in [1.82, 2.24) is 20.3 Å². The maximum Gasteiger partial charge on any atom is 0.159 e. The van der Waals surface area contributed by atoms with E-state index in [0.29, 0.717) is 35.2 Å². The van der Waals surface area contributed by atoms with Gasteiger partial charge in [0.15, 0.2) is 11.6 Å². The van der Waals surface area contributed by atoms with E-state index in [1.165, 1.54) is 0 Å².